The number of hydrogen-bond donors (Lipinski definition) is 0. The molecule has 0 spiro atoms. The molecule has 15 heavy (non-hydrogen) atoms. The molecular formula is C13H20O2. The first-order valence-corrected chi connectivity index (χ1v) is 5.48. The van der Waals surface area contributed by atoms with Gasteiger partial charge in [0, 0.05) is 10.8 Å². The Morgan fingerprint density at radius 1 is 1.20 bits per heavy atom. The number of carbonyl (C=O) groups excluding carboxylic acids is 2. The van der Waals surface area contributed by atoms with Crippen molar-refractivity contribution in [2.24, 2.45) is 16.7 Å². The Balaban J connectivity index is 3.32. The zero-order valence-electron chi connectivity index (χ0n) is 10.3. The van der Waals surface area contributed by atoms with Crippen LogP contribution in [0.5, 0.6) is 0 Å². The molecule has 2 nitrogen and oxygen atoms in total. The van der Waals surface area contributed by atoms with Gasteiger partial charge in [0.25, 0.3) is 0 Å². The molecule has 84 valence electrons. The Bertz CT molecular complexity index is 338. The van der Waals surface area contributed by atoms with E-state index in [0.717, 1.165) is 6.42 Å². The van der Waals surface area contributed by atoms with Crippen molar-refractivity contribution in [2.45, 2.75) is 41.0 Å². The molecule has 2 atom stereocenters. The quantitative estimate of drug-likeness (QED) is 0.490. The molecule has 1 saturated carbocycles. The van der Waals surface area contributed by atoms with Gasteiger partial charge < -0.3 is 0 Å². The van der Waals surface area contributed by atoms with E-state index in [2.05, 4.69) is 6.58 Å². The predicted octanol–water partition coefficient (Wildman–Crippen LogP) is 2.77. The highest BCUT2D eigenvalue weighted by Crippen LogP contribution is 2.49. The Labute approximate surface area is 91.7 Å². The minimum atomic E-state index is -0.476. The largest absolute Gasteiger partial charge is 0.293 e. The molecule has 0 aromatic heterocycles. The molecule has 0 N–H and O–H groups in total. The molecule has 2 heteroatoms. The maximum atomic E-state index is 12.1. The summed E-state index contributed by atoms with van der Waals surface area (Å²) in [6.07, 6.45) is 0.753. The maximum Gasteiger partial charge on any atom is 0.172 e. The fourth-order valence-electron chi connectivity index (χ4n) is 2.49. The van der Waals surface area contributed by atoms with Gasteiger partial charge in [0.1, 0.15) is 0 Å². The van der Waals surface area contributed by atoms with E-state index in [4.69, 9.17) is 0 Å². The molecule has 2 unspecified atom stereocenters. The third-order valence-electron chi connectivity index (χ3n) is 4.42. The van der Waals surface area contributed by atoms with Crippen molar-refractivity contribution in [3.63, 3.8) is 0 Å². The van der Waals surface area contributed by atoms with Crippen molar-refractivity contribution in [1.29, 1.82) is 0 Å². The predicted molar refractivity (Wildman–Crippen MR) is 60.5 cm³/mol. The number of carbonyl (C=O) groups is 2. The molecule has 1 aliphatic carbocycles. The number of allylic oxidation sites excluding steroid dienone is 1. The highest BCUT2D eigenvalue weighted by atomic mass is 16.2. The summed E-state index contributed by atoms with van der Waals surface area (Å²) in [6.45, 7) is 13.4. The average molecular weight is 208 g/mol. The van der Waals surface area contributed by atoms with Gasteiger partial charge in [-0.15, -0.1) is 0 Å². The fraction of sp³-hybridized carbons (Fsp3) is 0.692. The molecule has 0 aromatic carbocycles. The zero-order valence-corrected chi connectivity index (χ0v) is 10.3. The van der Waals surface area contributed by atoms with Crippen molar-refractivity contribution in [3.8, 4) is 0 Å². The summed E-state index contributed by atoms with van der Waals surface area (Å²) in [6, 6.07) is 0. The molecule has 0 radical (unpaired) electrons. The van der Waals surface area contributed by atoms with Gasteiger partial charge in [0.15, 0.2) is 11.6 Å². The lowest BCUT2D eigenvalue weighted by molar-refractivity contribution is -0.144. The molecule has 0 heterocycles. The van der Waals surface area contributed by atoms with Crippen LogP contribution in [0.1, 0.15) is 41.0 Å². The summed E-state index contributed by atoms with van der Waals surface area (Å²) in [5.74, 6) is -0.103. The second-order valence-electron chi connectivity index (χ2n) is 5.35. The molecule has 1 fully saturated rings. The summed E-state index contributed by atoms with van der Waals surface area (Å²) in [5, 5.41) is 0. The van der Waals surface area contributed by atoms with Gasteiger partial charge in [-0.25, -0.2) is 0 Å². The van der Waals surface area contributed by atoms with E-state index in [-0.39, 0.29) is 23.1 Å². The highest BCUT2D eigenvalue weighted by Gasteiger charge is 2.54. The van der Waals surface area contributed by atoms with Gasteiger partial charge in [-0.05, 0) is 12.3 Å². The van der Waals surface area contributed by atoms with Crippen LogP contribution in [0.4, 0.5) is 0 Å². The van der Waals surface area contributed by atoms with Gasteiger partial charge in [0.2, 0.25) is 0 Å². The minimum absolute atomic E-state index is 0.0560. The first-order chi connectivity index (χ1) is 6.69. The van der Waals surface area contributed by atoms with E-state index >= 15 is 0 Å². The summed E-state index contributed by atoms with van der Waals surface area (Å²) in [7, 11) is 0. The van der Waals surface area contributed by atoms with Crippen molar-refractivity contribution in [2.75, 3.05) is 0 Å². The first-order valence-electron chi connectivity index (χ1n) is 5.48. The van der Waals surface area contributed by atoms with E-state index in [9.17, 15) is 9.59 Å². The topological polar surface area (TPSA) is 34.1 Å². The lowest BCUT2D eigenvalue weighted by Crippen LogP contribution is -2.52. The summed E-state index contributed by atoms with van der Waals surface area (Å²) in [5.41, 5.74) is -0.730. The second-order valence-corrected chi connectivity index (χ2v) is 5.35. The van der Waals surface area contributed by atoms with Crippen LogP contribution in [0.3, 0.4) is 0 Å². The average Bonchev–Trinajstić information content (AvgIpc) is 2.22. The number of Topliss-reactive ketones (excluding diaryl/α,β-unsaturated/α-hetero) is 2. The second kappa shape index (κ2) is 3.29. The van der Waals surface area contributed by atoms with Crippen molar-refractivity contribution in [1.82, 2.24) is 0 Å². The molecule has 1 rings (SSSR count). The highest BCUT2D eigenvalue weighted by molar-refractivity contribution is 6.25. The number of ketones is 2. The van der Waals surface area contributed by atoms with Crippen molar-refractivity contribution in [3.05, 3.63) is 12.2 Å². The standard InChI is InChI=1S/C13H20O2/c1-7-13(6)9(3)12(4,5)10(14)8(2)11(13)15/h9H,2,7H2,1,3-6H3. The molecule has 0 aromatic rings. The normalized spacial score (nSPS) is 35.8. The fourth-order valence-corrected chi connectivity index (χ4v) is 2.49. The Morgan fingerprint density at radius 3 is 2.07 bits per heavy atom. The van der Waals surface area contributed by atoms with Crippen LogP contribution < -0.4 is 0 Å². The van der Waals surface area contributed by atoms with E-state index in [1.54, 1.807) is 0 Å². The molecule has 1 aliphatic rings. The van der Waals surface area contributed by atoms with Gasteiger partial charge in [0.05, 0.1) is 5.57 Å². The monoisotopic (exact) mass is 208 g/mol. The van der Waals surface area contributed by atoms with Gasteiger partial charge in [-0.1, -0.05) is 41.2 Å². The zero-order chi connectivity index (χ0) is 12.0. The Kier molecular flexibility index (Phi) is 2.67. The van der Waals surface area contributed by atoms with E-state index in [1.165, 1.54) is 0 Å². The van der Waals surface area contributed by atoms with Crippen molar-refractivity contribution >= 4 is 11.6 Å². The molecule has 0 amide bonds. The Morgan fingerprint density at radius 2 is 1.67 bits per heavy atom. The summed E-state index contributed by atoms with van der Waals surface area (Å²) >= 11 is 0. The van der Waals surface area contributed by atoms with Gasteiger partial charge in [-0.3, -0.25) is 9.59 Å². The smallest absolute Gasteiger partial charge is 0.172 e. The van der Waals surface area contributed by atoms with E-state index < -0.39 is 10.8 Å². The van der Waals surface area contributed by atoms with Crippen LogP contribution >= 0.6 is 0 Å². The van der Waals surface area contributed by atoms with Crippen LogP contribution in [-0.2, 0) is 9.59 Å². The molecule has 0 bridgehead atoms. The number of hydrogen-bond acceptors (Lipinski definition) is 2. The Hall–Kier alpha value is -0.920. The molecule has 0 aliphatic heterocycles. The lowest BCUT2D eigenvalue weighted by Gasteiger charge is -2.47. The van der Waals surface area contributed by atoms with E-state index in [0.29, 0.717) is 0 Å². The van der Waals surface area contributed by atoms with Gasteiger partial charge in [-0.2, -0.15) is 0 Å². The lowest BCUT2D eigenvalue weighted by atomic mass is 9.54. The molecular weight excluding hydrogens is 188 g/mol. The van der Waals surface area contributed by atoms with Crippen LogP contribution in [0.25, 0.3) is 0 Å². The van der Waals surface area contributed by atoms with Crippen LogP contribution in [0.15, 0.2) is 12.2 Å². The van der Waals surface area contributed by atoms with Crippen LogP contribution in [0.2, 0.25) is 0 Å². The summed E-state index contributed by atoms with van der Waals surface area (Å²) < 4.78 is 0. The summed E-state index contributed by atoms with van der Waals surface area (Å²) in [4.78, 5) is 24.0. The maximum absolute atomic E-state index is 12.1. The van der Waals surface area contributed by atoms with Gasteiger partial charge >= 0.3 is 0 Å². The third-order valence-corrected chi connectivity index (χ3v) is 4.42. The van der Waals surface area contributed by atoms with E-state index in [1.807, 2.05) is 34.6 Å². The first kappa shape index (κ1) is 12.2. The SMILES string of the molecule is C=C1C(=O)C(C)(C)C(C)C(C)(CC)C1=O. The van der Waals surface area contributed by atoms with Crippen LogP contribution in [0, 0.1) is 16.7 Å². The number of rotatable bonds is 1. The molecule has 0 saturated heterocycles. The third kappa shape index (κ3) is 1.38. The van der Waals surface area contributed by atoms with Crippen molar-refractivity contribution < 1.29 is 9.59 Å². The minimum Gasteiger partial charge on any atom is -0.293 e. The van der Waals surface area contributed by atoms with Crippen LogP contribution in [-0.4, -0.2) is 11.6 Å².